The van der Waals surface area contributed by atoms with Crippen LogP contribution in [0.2, 0.25) is 0 Å². The summed E-state index contributed by atoms with van der Waals surface area (Å²) in [5.41, 5.74) is 2.21. The van der Waals surface area contributed by atoms with Gasteiger partial charge in [0.05, 0.1) is 11.6 Å². The van der Waals surface area contributed by atoms with Crippen LogP contribution in [0.1, 0.15) is 24.1 Å². The summed E-state index contributed by atoms with van der Waals surface area (Å²) in [7, 11) is 0. The van der Waals surface area contributed by atoms with Gasteiger partial charge in [0, 0.05) is 25.8 Å². The van der Waals surface area contributed by atoms with Crippen molar-refractivity contribution in [1.82, 2.24) is 15.2 Å². The first-order valence-corrected chi connectivity index (χ1v) is 8.25. The summed E-state index contributed by atoms with van der Waals surface area (Å²) in [5.74, 6) is 0.246. The molecule has 2 aromatic rings. The minimum Gasteiger partial charge on any atom is -0.352 e. The predicted molar refractivity (Wildman–Crippen MR) is 90.5 cm³/mol. The molecule has 1 fully saturated rings. The van der Waals surface area contributed by atoms with Gasteiger partial charge in [-0.1, -0.05) is 36.4 Å². The first-order chi connectivity index (χ1) is 11.3. The largest absolute Gasteiger partial charge is 0.352 e. The third-order valence-electron chi connectivity index (χ3n) is 4.30. The van der Waals surface area contributed by atoms with Crippen LogP contribution in [0, 0.1) is 5.92 Å². The minimum absolute atomic E-state index is 0.0798. The molecule has 1 unspecified atom stereocenters. The Morgan fingerprint density at radius 3 is 2.78 bits per heavy atom. The van der Waals surface area contributed by atoms with Gasteiger partial charge in [0.1, 0.15) is 0 Å². The molecule has 1 amide bonds. The van der Waals surface area contributed by atoms with Gasteiger partial charge in [0.15, 0.2) is 0 Å². The molecule has 1 aliphatic rings. The quantitative estimate of drug-likeness (QED) is 0.923. The summed E-state index contributed by atoms with van der Waals surface area (Å²) in [6, 6.07) is 16.0. The molecule has 1 aromatic carbocycles. The van der Waals surface area contributed by atoms with E-state index in [1.807, 2.05) is 54.7 Å². The number of nitrogens with one attached hydrogen (secondary N) is 1. The zero-order valence-corrected chi connectivity index (χ0v) is 13.3. The highest BCUT2D eigenvalue weighted by Gasteiger charge is 2.25. The number of amides is 1. The molecule has 3 rings (SSSR count). The Bertz CT molecular complexity index is 615. The normalized spacial score (nSPS) is 18.5. The number of nitrogens with zero attached hydrogens (tertiary/aromatic N) is 2. The van der Waals surface area contributed by atoms with E-state index in [-0.39, 0.29) is 11.8 Å². The van der Waals surface area contributed by atoms with Crippen LogP contribution in [-0.2, 0) is 17.9 Å². The molecule has 0 spiro atoms. The Morgan fingerprint density at radius 2 is 2.00 bits per heavy atom. The Balaban J connectivity index is 1.50. The van der Waals surface area contributed by atoms with E-state index < -0.39 is 0 Å². The smallest absolute Gasteiger partial charge is 0.224 e. The molecule has 0 bridgehead atoms. The molecular formula is C19H23N3O. The standard InChI is InChI=1S/C19H23N3O/c23-19(21-13-16-7-2-1-3-8-16)17-9-6-12-22(14-17)15-18-10-4-5-11-20-18/h1-5,7-8,10-11,17H,6,9,12-15H2,(H,21,23). The number of pyridine rings is 1. The van der Waals surface area contributed by atoms with E-state index in [0.29, 0.717) is 6.54 Å². The lowest BCUT2D eigenvalue weighted by molar-refractivity contribution is -0.127. The lowest BCUT2D eigenvalue weighted by atomic mass is 9.97. The number of carbonyl (C=O) groups is 1. The highest BCUT2D eigenvalue weighted by atomic mass is 16.1. The van der Waals surface area contributed by atoms with Crippen LogP contribution in [0.5, 0.6) is 0 Å². The van der Waals surface area contributed by atoms with Gasteiger partial charge in [-0.3, -0.25) is 14.7 Å². The lowest BCUT2D eigenvalue weighted by Gasteiger charge is -2.31. The van der Waals surface area contributed by atoms with Crippen molar-refractivity contribution in [2.45, 2.75) is 25.9 Å². The third-order valence-corrected chi connectivity index (χ3v) is 4.30. The molecule has 1 aromatic heterocycles. The monoisotopic (exact) mass is 309 g/mol. The Kier molecular flexibility index (Phi) is 5.37. The fraction of sp³-hybridized carbons (Fsp3) is 0.368. The minimum atomic E-state index is 0.0798. The van der Waals surface area contributed by atoms with Crippen LogP contribution >= 0.6 is 0 Å². The van der Waals surface area contributed by atoms with Crippen LogP contribution in [0.4, 0.5) is 0 Å². The highest BCUT2D eigenvalue weighted by molar-refractivity contribution is 5.78. The molecule has 1 aliphatic heterocycles. The van der Waals surface area contributed by atoms with Crippen LogP contribution in [0.25, 0.3) is 0 Å². The first kappa shape index (κ1) is 15.7. The lowest BCUT2D eigenvalue weighted by Crippen LogP contribution is -2.42. The van der Waals surface area contributed by atoms with Gasteiger partial charge in [-0.05, 0) is 37.1 Å². The molecule has 0 radical (unpaired) electrons. The summed E-state index contributed by atoms with van der Waals surface area (Å²) in [6.45, 7) is 3.29. The predicted octanol–water partition coefficient (Wildman–Crippen LogP) is 2.61. The van der Waals surface area contributed by atoms with Crippen molar-refractivity contribution >= 4 is 5.91 Å². The second kappa shape index (κ2) is 7.88. The van der Waals surface area contributed by atoms with Crippen LogP contribution in [0.15, 0.2) is 54.7 Å². The highest BCUT2D eigenvalue weighted by Crippen LogP contribution is 2.18. The molecule has 4 heteroatoms. The van der Waals surface area contributed by atoms with E-state index in [1.54, 1.807) is 0 Å². The molecule has 1 saturated heterocycles. The molecule has 0 aliphatic carbocycles. The van der Waals surface area contributed by atoms with Crippen molar-refractivity contribution in [3.63, 3.8) is 0 Å². The summed E-state index contributed by atoms with van der Waals surface area (Å²) >= 11 is 0. The molecule has 2 heterocycles. The van der Waals surface area contributed by atoms with Gasteiger partial charge < -0.3 is 5.32 Å². The number of carbonyl (C=O) groups excluding carboxylic acids is 1. The van der Waals surface area contributed by atoms with Gasteiger partial charge in [-0.2, -0.15) is 0 Å². The van der Waals surface area contributed by atoms with Crippen molar-refractivity contribution in [2.75, 3.05) is 13.1 Å². The van der Waals surface area contributed by atoms with Crippen LogP contribution in [-0.4, -0.2) is 28.9 Å². The number of hydrogen-bond acceptors (Lipinski definition) is 3. The average molecular weight is 309 g/mol. The summed E-state index contributed by atoms with van der Waals surface area (Å²) < 4.78 is 0. The fourth-order valence-electron chi connectivity index (χ4n) is 3.06. The summed E-state index contributed by atoms with van der Waals surface area (Å²) in [5, 5.41) is 3.07. The van der Waals surface area contributed by atoms with E-state index in [9.17, 15) is 4.79 Å². The molecule has 1 atom stereocenters. The number of hydrogen-bond donors (Lipinski definition) is 1. The number of rotatable bonds is 5. The molecule has 120 valence electrons. The van der Waals surface area contributed by atoms with Gasteiger partial charge in [0.25, 0.3) is 0 Å². The van der Waals surface area contributed by atoms with E-state index >= 15 is 0 Å². The van der Waals surface area contributed by atoms with Gasteiger partial charge >= 0.3 is 0 Å². The fourth-order valence-corrected chi connectivity index (χ4v) is 3.06. The average Bonchev–Trinajstić information content (AvgIpc) is 2.62. The van der Waals surface area contributed by atoms with Gasteiger partial charge in [-0.15, -0.1) is 0 Å². The van der Waals surface area contributed by atoms with Gasteiger partial charge in [-0.25, -0.2) is 0 Å². The van der Waals surface area contributed by atoms with Crippen molar-refractivity contribution in [2.24, 2.45) is 5.92 Å². The maximum atomic E-state index is 12.4. The number of likely N-dealkylation sites (tertiary alicyclic amines) is 1. The van der Waals surface area contributed by atoms with Crippen LogP contribution in [0.3, 0.4) is 0 Å². The SMILES string of the molecule is O=C(NCc1ccccc1)C1CCCN(Cc2ccccn2)C1. The summed E-state index contributed by atoms with van der Waals surface area (Å²) in [4.78, 5) is 19.1. The second-order valence-corrected chi connectivity index (χ2v) is 6.10. The van der Waals surface area contributed by atoms with Gasteiger partial charge in [0.2, 0.25) is 5.91 Å². The van der Waals surface area contributed by atoms with Crippen molar-refractivity contribution in [3.05, 3.63) is 66.0 Å². The zero-order valence-electron chi connectivity index (χ0n) is 13.3. The second-order valence-electron chi connectivity index (χ2n) is 6.10. The Morgan fingerprint density at radius 1 is 1.17 bits per heavy atom. The maximum absolute atomic E-state index is 12.4. The summed E-state index contributed by atoms with van der Waals surface area (Å²) in [6.07, 6.45) is 3.86. The Labute approximate surface area is 137 Å². The number of benzene rings is 1. The maximum Gasteiger partial charge on any atom is 0.224 e. The van der Waals surface area contributed by atoms with Crippen molar-refractivity contribution in [1.29, 1.82) is 0 Å². The number of piperidine rings is 1. The molecule has 23 heavy (non-hydrogen) atoms. The van der Waals surface area contributed by atoms with Crippen LogP contribution < -0.4 is 5.32 Å². The van der Waals surface area contributed by atoms with Crippen molar-refractivity contribution < 1.29 is 4.79 Å². The van der Waals surface area contributed by atoms with E-state index in [0.717, 1.165) is 43.7 Å². The first-order valence-electron chi connectivity index (χ1n) is 8.25. The molecular weight excluding hydrogens is 286 g/mol. The van der Waals surface area contributed by atoms with Crippen molar-refractivity contribution in [3.8, 4) is 0 Å². The third kappa shape index (κ3) is 4.63. The number of aromatic nitrogens is 1. The Hall–Kier alpha value is -2.20. The van der Waals surface area contributed by atoms with E-state index in [1.165, 1.54) is 0 Å². The zero-order chi connectivity index (χ0) is 15.9. The van der Waals surface area contributed by atoms with E-state index in [4.69, 9.17) is 0 Å². The molecule has 1 N–H and O–H groups in total. The van der Waals surface area contributed by atoms with E-state index in [2.05, 4.69) is 15.2 Å². The topological polar surface area (TPSA) is 45.2 Å². The molecule has 0 saturated carbocycles. The molecule has 4 nitrogen and oxygen atoms in total.